The molecule has 0 rings (SSSR count). The Bertz CT molecular complexity index is 96.1. The van der Waals surface area contributed by atoms with Crippen LogP contribution in [0.3, 0.4) is 0 Å². The Morgan fingerprint density at radius 1 is 0.857 bits per heavy atom. The van der Waals surface area contributed by atoms with Gasteiger partial charge in [0, 0.05) is 0 Å². The summed E-state index contributed by atoms with van der Waals surface area (Å²) in [4.78, 5) is 0. The van der Waals surface area contributed by atoms with Gasteiger partial charge in [0.1, 0.15) is 0 Å². The van der Waals surface area contributed by atoms with E-state index in [1.165, 1.54) is 0 Å². The molecule has 0 amide bonds. The van der Waals surface area contributed by atoms with Gasteiger partial charge in [-0.3, -0.25) is 0 Å². The summed E-state index contributed by atoms with van der Waals surface area (Å²) < 4.78 is 3.38. The molecule has 0 nitrogen and oxygen atoms in total. The van der Waals surface area contributed by atoms with E-state index in [0.29, 0.717) is 0 Å². The van der Waals surface area contributed by atoms with Crippen LogP contribution in [0.25, 0.3) is 0 Å². The molecule has 0 heterocycles. The molecule has 0 saturated carbocycles. The molecule has 0 aliphatic carbocycles. The van der Waals surface area contributed by atoms with Crippen molar-refractivity contribution in [3.05, 3.63) is 0 Å². The molecule has 38 valence electrons. The minimum atomic E-state index is -0.264. The van der Waals surface area contributed by atoms with Crippen LogP contribution in [0.2, 0.25) is 0 Å². The van der Waals surface area contributed by atoms with E-state index in [9.17, 15) is 0 Å². The van der Waals surface area contributed by atoms with E-state index < -0.39 is 0 Å². The molecule has 0 aliphatic rings. The second kappa shape index (κ2) is 3.38. The standard InChI is InChI=1S/2C3H6.Zn/c2*1-3-2;/h2*1-2H3;. The maximum absolute atomic E-state index is 2.24. The first-order valence-corrected chi connectivity index (χ1v) is 5.67. The van der Waals surface area contributed by atoms with Crippen LogP contribution in [-0.4, -0.2) is 8.21 Å². The molecule has 7 heavy (non-hydrogen) atoms. The third-order valence-electron chi connectivity index (χ3n) is 0.707. The van der Waals surface area contributed by atoms with Crippen molar-refractivity contribution in [1.29, 1.82) is 0 Å². The van der Waals surface area contributed by atoms with Crippen LogP contribution in [-0.2, 0) is 16.2 Å². The van der Waals surface area contributed by atoms with Gasteiger partial charge in [-0.25, -0.2) is 0 Å². The van der Waals surface area contributed by atoms with Gasteiger partial charge in [-0.15, -0.1) is 0 Å². The van der Waals surface area contributed by atoms with E-state index in [1.807, 2.05) is 0 Å². The van der Waals surface area contributed by atoms with E-state index in [0.717, 1.165) is 0 Å². The van der Waals surface area contributed by atoms with Crippen molar-refractivity contribution in [2.45, 2.75) is 27.7 Å². The van der Waals surface area contributed by atoms with Gasteiger partial charge in [-0.1, -0.05) is 0 Å². The van der Waals surface area contributed by atoms with E-state index >= 15 is 0 Å². The summed E-state index contributed by atoms with van der Waals surface area (Å²) in [5.41, 5.74) is 0. The minimum absolute atomic E-state index is 0.264. The van der Waals surface area contributed by atoms with Gasteiger partial charge in [0.05, 0.1) is 0 Å². The van der Waals surface area contributed by atoms with Crippen molar-refractivity contribution in [3.63, 3.8) is 0 Å². The molecule has 0 radical (unpaired) electrons. The van der Waals surface area contributed by atoms with Crippen LogP contribution in [0.5, 0.6) is 0 Å². The molecule has 0 spiro atoms. The molecular formula is C6H12Zn. The fraction of sp³-hybridized carbons (Fsp3) is 0.667. The Labute approximate surface area is 52.6 Å². The number of rotatable bonds is 0. The van der Waals surface area contributed by atoms with Gasteiger partial charge >= 0.3 is 52.1 Å². The Morgan fingerprint density at radius 2 is 1.14 bits per heavy atom. The van der Waals surface area contributed by atoms with Crippen molar-refractivity contribution in [1.82, 2.24) is 0 Å². The molecule has 1 heteroatoms. The maximum atomic E-state index is 2.24. The normalized spacial score (nSPS) is 9.14. The second-order valence-electron chi connectivity index (χ2n) is 2.59. The summed E-state index contributed by atoms with van der Waals surface area (Å²) in [6.07, 6.45) is 0. The first-order chi connectivity index (χ1) is 3.13. The molecule has 0 aromatic rings. The Hall–Kier alpha value is 0.363. The summed E-state index contributed by atoms with van der Waals surface area (Å²) in [5, 5.41) is 0. The second-order valence-corrected chi connectivity index (χ2v) is 9.27. The molecule has 0 atom stereocenters. The fourth-order valence-corrected chi connectivity index (χ4v) is 3.67. The Morgan fingerprint density at radius 3 is 1.14 bits per heavy atom. The van der Waals surface area contributed by atoms with Gasteiger partial charge in [0.2, 0.25) is 0 Å². The molecule has 0 aromatic heterocycles. The van der Waals surface area contributed by atoms with Crippen LogP contribution in [0, 0.1) is 0 Å². The van der Waals surface area contributed by atoms with Crippen molar-refractivity contribution in [2.75, 3.05) is 0 Å². The van der Waals surface area contributed by atoms with Crippen molar-refractivity contribution >= 4 is 8.21 Å². The third-order valence-corrected chi connectivity index (χ3v) is 3.67. The quantitative estimate of drug-likeness (QED) is 0.458. The van der Waals surface area contributed by atoms with Gasteiger partial charge in [0.25, 0.3) is 0 Å². The summed E-state index contributed by atoms with van der Waals surface area (Å²) >= 11 is -0.264. The molecular weight excluding hydrogens is 137 g/mol. The van der Waals surface area contributed by atoms with Crippen LogP contribution in [0.4, 0.5) is 0 Å². The predicted molar refractivity (Wildman–Crippen MR) is 32.7 cm³/mol. The molecule has 0 N–H and O–H groups in total. The van der Waals surface area contributed by atoms with E-state index in [-0.39, 0.29) is 16.2 Å². The van der Waals surface area contributed by atoms with Crippen molar-refractivity contribution in [3.8, 4) is 0 Å². The van der Waals surface area contributed by atoms with Crippen molar-refractivity contribution in [2.24, 2.45) is 0 Å². The van der Waals surface area contributed by atoms with Crippen molar-refractivity contribution < 1.29 is 16.2 Å². The van der Waals surface area contributed by atoms with Gasteiger partial charge in [0.15, 0.2) is 0 Å². The summed E-state index contributed by atoms with van der Waals surface area (Å²) in [6, 6.07) is 0. The van der Waals surface area contributed by atoms with Crippen LogP contribution in [0.1, 0.15) is 27.7 Å². The molecule has 0 saturated heterocycles. The van der Waals surface area contributed by atoms with E-state index in [2.05, 4.69) is 27.7 Å². The summed E-state index contributed by atoms with van der Waals surface area (Å²) in [5.74, 6) is 0. The predicted octanol–water partition coefficient (Wildman–Crippen LogP) is 1.49. The number of hydrogen-bond donors (Lipinski definition) is 0. The molecule has 0 aliphatic heterocycles. The SMILES string of the molecule is C[C](C)=[Zn]=[C](C)C. The molecule has 0 aromatic carbocycles. The molecule has 0 bridgehead atoms. The first kappa shape index (κ1) is 7.36. The van der Waals surface area contributed by atoms with Crippen LogP contribution >= 0.6 is 0 Å². The van der Waals surface area contributed by atoms with Gasteiger partial charge < -0.3 is 0 Å². The molecule has 0 fully saturated rings. The summed E-state index contributed by atoms with van der Waals surface area (Å²) in [6.45, 7) is 8.97. The zero-order valence-corrected chi connectivity index (χ0v) is 8.67. The summed E-state index contributed by atoms with van der Waals surface area (Å²) in [7, 11) is 0. The van der Waals surface area contributed by atoms with Gasteiger partial charge in [-0.2, -0.15) is 0 Å². The Balaban J connectivity index is 4.13. The van der Waals surface area contributed by atoms with E-state index in [1.54, 1.807) is 8.21 Å². The zero-order chi connectivity index (χ0) is 5.86. The third kappa shape index (κ3) is 6.36. The Kier molecular flexibility index (Phi) is 3.55. The zero-order valence-electron chi connectivity index (χ0n) is 5.71. The monoisotopic (exact) mass is 148 g/mol. The van der Waals surface area contributed by atoms with Crippen LogP contribution < -0.4 is 0 Å². The van der Waals surface area contributed by atoms with E-state index in [4.69, 9.17) is 0 Å². The average Bonchev–Trinajstić information content (AvgIpc) is 1.27. The van der Waals surface area contributed by atoms with Crippen LogP contribution in [0.15, 0.2) is 0 Å². The topological polar surface area (TPSA) is 0 Å². The first-order valence-electron chi connectivity index (χ1n) is 2.71. The molecule has 0 unspecified atom stereocenters. The average molecular weight is 150 g/mol. The number of hydrogen-bond acceptors (Lipinski definition) is 0. The van der Waals surface area contributed by atoms with Gasteiger partial charge in [-0.05, 0) is 0 Å². The fourth-order valence-electron chi connectivity index (χ4n) is 0.707.